The SMILES string of the molecule is CN(c1ccc(C(=O)NCc2ccccc2CN2CCCC2)cc1)S(=O)(=O)c1ccccc1. The van der Waals surface area contributed by atoms with E-state index in [2.05, 4.69) is 22.3 Å². The van der Waals surface area contributed by atoms with Gasteiger partial charge in [0, 0.05) is 25.7 Å². The maximum atomic E-state index is 12.8. The zero-order valence-electron chi connectivity index (χ0n) is 18.8. The molecule has 0 radical (unpaired) electrons. The van der Waals surface area contributed by atoms with E-state index >= 15 is 0 Å². The summed E-state index contributed by atoms with van der Waals surface area (Å²) in [5.41, 5.74) is 3.33. The maximum absolute atomic E-state index is 12.8. The first-order valence-corrected chi connectivity index (χ1v) is 12.6. The average molecular weight is 464 g/mol. The van der Waals surface area contributed by atoms with Crippen molar-refractivity contribution in [1.29, 1.82) is 0 Å². The second kappa shape index (κ2) is 10.2. The summed E-state index contributed by atoms with van der Waals surface area (Å²) in [7, 11) is -2.15. The predicted molar refractivity (Wildman–Crippen MR) is 131 cm³/mol. The number of anilines is 1. The summed E-state index contributed by atoms with van der Waals surface area (Å²) in [6.07, 6.45) is 2.49. The van der Waals surface area contributed by atoms with Crippen LogP contribution in [0.5, 0.6) is 0 Å². The molecule has 7 heteroatoms. The summed E-state index contributed by atoms with van der Waals surface area (Å²) in [5, 5.41) is 3.00. The Morgan fingerprint density at radius 2 is 1.48 bits per heavy atom. The van der Waals surface area contributed by atoms with Crippen molar-refractivity contribution in [2.75, 3.05) is 24.4 Å². The van der Waals surface area contributed by atoms with Crippen LogP contribution in [0.25, 0.3) is 0 Å². The molecule has 0 unspecified atom stereocenters. The molecule has 3 aromatic rings. The molecule has 1 amide bonds. The molecular formula is C26H29N3O3S. The zero-order chi connectivity index (χ0) is 23.3. The van der Waals surface area contributed by atoms with Crippen molar-refractivity contribution in [2.45, 2.75) is 30.8 Å². The van der Waals surface area contributed by atoms with E-state index in [-0.39, 0.29) is 10.8 Å². The van der Waals surface area contributed by atoms with Gasteiger partial charge in [0.05, 0.1) is 10.6 Å². The topological polar surface area (TPSA) is 69.7 Å². The highest BCUT2D eigenvalue weighted by Gasteiger charge is 2.21. The molecule has 0 aromatic heterocycles. The molecule has 0 atom stereocenters. The Hall–Kier alpha value is -3.16. The number of amides is 1. The second-order valence-corrected chi connectivity index (χ2v) is 10.2. The molecule has 33 heavy (non-hydrogen) atoms. The van der Waals surface area contributed by atoms with E-state index in [1.807, 2.05) is 12.1 Å². The van der Waals surface area contributed by atoms with Gasteiger partial charge in [0.25, 0.3) is 15.9 Å². The van der Waals surface area contributed by atoms with Gasteiger partial charge in [-0.1, -0.05) is 42.5 Å². The van der Waals surface area contributed by atoms with Crippen molar-refractivity contribution >= 4 is 21.6 Å². The van der Waals surface area contributed by atoms with Crippen LogP contribution in [-0.2, 0) is 23.1 Å². The van der Waals surface area contributed by atoms with E-state index < -0.39 is 10.0 Å². The van der Waals surface area contributed by atoms with Gasteiger partial charge in [-0.05, 0) is 73.5 Å². The van der Waals surface area contributed by atoms with Crippen molar-refractivity contribution < 1.29 is 13.2 Å². The minimum atomic E-state index is -3.66. The van der Waals surface area contributed by atoms with E-state index in [4.69, 9.17) is 0 Å². The number of hydrogen-bond acceptors (Lipinski definition) is 4. The molecule has 1 heterocycles. The highest BCUT2D eigenvalue weighted by Crippen LogP contribution is 2.22. The van der Waals surface area contributed by atoms with Crippen molar-refractivity contribution in [1.82, 2.24) is 10.2 Å². The summed E-state index contributed by atoms with van der Waals surface area (Å²) >= 11 is 0. The van der Waals surface area contributed by atoms with Crippen LogP contribution in [0.3, 0.4) is 0 Å². The molecule has 1 aliphatic heterocycles. The number of likely N-dealkylation sites (tertiary alicyclic amines) is 1. The predicted octanol–water partition coefficient (Wildman–Crippen LogP) is 4.04. The molecule has 6 nitrogen and oxygen atoms in total. The molecule has 0 aliphatic carbocycles. The first kappa shape index (κ1) is 23.0. The Labute approximate surface area is 195 Å². The van der Waals surface area contributed by atoms with Crippen LogP contribution >= 0.6 is 0 Å². The Kier molecular flexibility index (Phi) is 7.11. The Morgan fingerprint density at radius 3 is 2.15 bits per heavy atom. The number of nitrogens with one attached hydrogen (secondary N) is 1. The maximum Gasteiger partial charge on any atom is 0.264 e. The number of sulfonamides is 1. The standard InChI is InChI=1S/C26H29N3O3S/c1-28(33(31,32)25-11-3-2-4-12-25)24-15-13-21(14-16-24)26(30)27-19-22-9-5-6-10-23(22)20-29-17-7-8-18-29/h2-6,9-16H,7-8,17-20H2,1H3,(H,27,30). The number of benzene rings is 3. The van der Waals surface area contributed by atoms with Crippen LogP contribution in [0, 0.1) is 0 Å². The summed E-state index contributed by atoms with van der Waals surface area (Å²) < 4.78 is 26.8. The molecule has 1 saturated heterocycles. The molecular weight excluding hydrogens is 434 g/mol. The summed E-state index contributed by atoms with van der Waals surface area (Å²) in [5.74, 6) is -0.189. The van der Waals surface area contributed by atoms with Gasteiger partial charge in [0.2, 0.25) is 0 Å². The fourth-order valence-corrected chi connectivity index (χ4v) is 5.27. The molecule has 1 aliphatic rings. The molecule has 0 spiro atoms. The minimum absolute atomic E-state index is 0.189. The average Bonchev–Trinajstić information content (AvgIpc) is 3.36. The Balaban J connectivity index is 1.40. The molecule has 172 valence electrons. The van der Waals surface area contributed by atoms with Gasteiger partial charge in [-0.2, -0.15) is 0 Å². The van der Waals surface area contributed by atoms with E-state index in [1.165, 1.54) is 29.8 Å². The van der Waals surface area contributed by atoms with Crippen molar-refractivity contribution in [3.8, 4) is 0 Å². The van der Waals surface area contributed by atoms with Gasteiger partial charge in [0.1, 0.15) is 0 Å². The highest BCUT2D eigenvalue weighted by molar-refractivity contribution is 7.92. The number of carbonyl (C=O) groups is 1. The van der Waals surface area contributed by atoms with E-state index in [0.717, 1.165) is 25.2 Å². The van der Waals surface area contributed by atoms with Crippen LogP contribution in [0.4, 0.5) is 5.69 Å². The van der Waals surface area contributed by atoms with Gasteiger partial charge >= 0.3 is 0 Å². The molecule has 1 fully saturated rings. The molecule has 0 saturated carbocycles. The van der Waals surface area contributed by atoms with Gasteiger partial charge < -0.3 is 5.32 Å². The van der Waals surface area contributed by atoms with Crippen LogP contribution in [0.15, 0.2) is 83.8 Å². The lowest BCUT2D eigenvalue weighted by Gasteiger charge is -2.20. The van der Waals surface area contributed by atoms with E-state index in [9.17, 15) is 13.2 Å². The number of carbonyl (C=O) groups excluding carboxylic acids is 1. The van der Waals surface area contributed by atoms with Crippen LogP contribution in [0.2, 0.25) is 0 Å². The summed E-state index contributed by atoms with van der Waals surface area (Å²) in [6.45, 7) is 3.61. The molecule has 0 bridgehead atoms. The normalized spacial score (nSPS) is 14.2. The molecule has 4 rings (SSSR count). The van der Waals surface area contributed by atoms with Crippen LogP contribution in [0.1, 0.15) is 34.3 Å². The van der Waals surface area contributed by atoms with Crippen molar-refractivity contribution in [3.63, 3.8) is 0 Å². The first-order valence-electron chi connectivity index (χ1n) is 11.2. The third kappa shape index (κ3) is 5.43. The van der Waals surface area contributed by atoms with Gasteiger partial charge in [0.15, 0.2) is 0 Å². The first-order chi connectivity index (χ1) is 15.9. The minimum Gasteiger partial charge on any atom is -0.348 e. The Bertz CT molecular complexity index is 1190. The van der Waals surface area contributed by atoms with E-state index in [1.54, 1.807) is 54.6 Å². The van der Waals surface area contributed by atoms with Gasteiger partial charge in [-0.25, -0.2) is 8.42 Å². The smallest absolute Gasteiger partial charge is 0.264 e. The zero-order valence-corrected chi connectivity index (χ0v) is 19.6. The lowest BCUT2D eigenvalue weighted by atomic mass is 10.1. The third-order valence-electron chi connectivity index (χ3n) is 6.05. The largest absolute Gasteiger partial charge is 0.348 e. The van der Waals surface area contributed by atoms with Crippen LogP contribution < -0.4 is 9.62 Å². The third-order valence-corrected chi connectivity index (χ3v) is 7.84. The summed E-state index contributed by atoms with van der Waals surface area (Å²) in [4.78, 5) is 15.4. The number of hydrogen-bond donors (Lipinski definition) is 1. The summed E-state index contributed by atoms with van der Waals surface area (Å²) in [6, 6.07) is 23.1. The fourth-order valence-electron chi connectivity index (χ4n) is 4.06. The Morgan fingerprint density at radius 1 is 0.879 bits per heavy atom. The molecule has 1 N–H and O–H groups in total. The second-order valence-electron chi connectivity index (χ2n) is 8.27. The van der Waals surface area contributed by atoms with Crippen molar-refractivity contribution in [2.24, 2.45) is 0 Å². The fraction of sp³-hybridized carbons (Fsp3) is 0.269. The number of nitrogens with zero attached hydrogens (tertiary/aromatic N) is 2. The van der Waals surface area contributed by atoms with Gasteiger partial charge in [-0.15, -0.1) is 0 Å². The lowest BCUT2D eigenvalue weighted by molar-refractivity contribution is 0.0950. The quantitative estimate of drug-likeness (QED) is 0.548. The molecule has 3 aromatic carbocycles. The number of rotatable bonds is 8. The van der Waals surface area contributed by atoms with Crippen molar-refractivity contribution in [3.05, 3.63) is 95.6 Å². The monoisotopic (exact) mass is 463 g/mol. The van der Waals surface area contributed by atoms with Crippen LogP contribution in [-0.4, -0.2) is 39.4 Å². The van der Waals surface area contributed by atoms with Gasteiger partial charge in [-0.3, -0.25) is 14.0 Å². The lowest BCUT2D eigenvalue weighted by Crippen LogP contribution is -2.27. The highest BCUT2D eigenvalue weighted by atomic mass is 32.2. The van der Waals surface area contributed by atoms with E-state index in [0.29, 0.717) is 17.8 Å².